The number of hydrogen-bond donors (Lipinski definition) is 1. The number of aryl methyl sites for hydroxylation is 1. The lowest BCUT2D eigenvalue weighted by atomic mass is 9.94. The summed E-state index contributed by atoms with van der Waals surface area (Å²) in [5.74, 6) is -0.00810. The van der Waals surface area contributed by atoms with Crippen molar-refractivity contribution >= 4 is 44.6 Å². The maximum Gasteiger partial charge on any atom is 0.230 e. The lowest BCUT2D eigenvalue weighted by Crippen LogP contribution is -2.45. The second-order valence-corrected chi connectivity index (χ2v) is 13.4. The van der Waals surface area contributed by atoms with Crippen LogP contribution in [0.15, 0.2) is 47.4 Å². The summed E-state index contributed by atoms with van der Waals surface area (Å²) < 4.78 is 26.2. The van der Waals surface area contributed by atoms with Gasteiger partial charge in [0.25, 0.3) is 0 Å². The van der Waals surface area contributed by atoms with Crippen LogP contribution in [0.25, 0.3) is 0 Å². The highest BCUT2D eigenvalue weighted by Crippen LogP contribution is 2.29. The van der Waals surface area contributed by atoms with Crippen molar-refractivity contribution in [1.29, 1.82) is 0 Å². The SMILES string of the molecule is CC(=O)N1CCC(C(=O)N(CCCN2CCC(S(=O)(=O)c3cccc(N)c3)CC2)c2ccc(C)c(Cl)c2)CC1. The summed E-state index contributed by atoms with van der Waals surface area (Å²) in [7, 11) is -3.42. The maximum atomic E-state index is 13.7. The summed E-state index contributed by atoms with van der Waals surface area (Å²) in [5, 5.41) is 0.212. The minimum Gasteiger partial charge on any atom is -0.399 e. The van der Waals surface area contributed by atoms with Crippen molar-refractivity contribution in [3.05, 3.63) is 53.1 Å². The number of halogens is 1. The Morgan fingerprint density at radius 2 is 1.72 bits per heavy atom. The van der Waals surface area contributed by atoms with Crippen LogP contribution in [-0.4, -0.2) is 74.6 Å². The highest BCUT2D eigenvalue weighted by Gasteiger charge is 2.32. The minimum atomic E-state index is -3.42. The molecule has 0 bridgehead atoms. The van der Waals surface area contributed by atoms with E-state index in [1.165, 1.54) is 6.07 Å². The third-order valence-electron chi connectivity index (χ3n) is 8.04. The molecule has 2 saturated heterocycles. The molecule has 10 heteroatoms. The van der Waals surface area contributed by atoms with Gasteiger partial charge in [-0.25, -0.2) is 8.42 Å². The first-order valence-corrected chi connectivity index (χ1v) is 15.6. The molecular weight excluding hydrogens is 536 g/mol. The highest BCUT2D eigenvalue weighted by atomic mass is 35.5. The first kappa shape index (κ1) is 29.4. The summed E-state index contributed by atoms with van der Waals surface area (Å²) in [6.07, 6.45) is 3.22. The number of carbonyl (C=O) groups is 2. The molecular formula is C29H39ClN4O4S. The molecule has 0 atom stereocenters. The van der Waals surface area contributed by atoms with Gasteiger partial charge in [0.05, 0.1) is 10.1 Å². The Hall–Kier alpha value is -2.62. The highest BCUT2D eigenvalue weighted by molar-refractivity contribution is 7.92. The number of nitrogens with zero attached hydrogens (tertiary/aromatic N) is 3. The average Bonchev–Trinajstić information content (AvgIpc) is 2.93. The number of nitrogen functional groups attached to an aromatic ring is 1. The molecule has 0 aromatic heterocycles. The van der Waals surface area contributed by atoms with Crippen molar-refractivity contribution in [2.75, 3.05) is 49.9 Å². The predicted octanol–water partition coefficient (Wildman–Crippen LogP) is 4.15. The number of benzene rings is 2. The van der Waals surface area contributed by atoms with Crippen molar-refractivity contribution in [1.82, 2.24) is 9.80 Å². The number of hydrogen-bond acceptors (Lipinski definition) is 6. The van der Waals surface area contributed by atoms with Crippen LogP contribution in [0.3, 0.4) is 0 Å². The number of anilines is 2. The van der Waals surface area contributed by atoms with Crippen LogP contribution in [0, 0.1) is 12.8 Å². The molecule has 2 heterocycles. The van der Waals surface area contributed by atoms with Crippen LogP contribution in [0.4, 0.5) is 11.4 Å². The zero-order valence-corrected chi connectivity index (χ0v) is 24.4. The van der Waals surface area contributed by atoms with Gasteiger partial charge < -0.3 is 20.4 Å². The van der Waals surface area contributed by atoms with Crippen molar-refractivity contribution in [2.45, 2.75) is 56.1 Å². The molecule has 0 saturated carbocycles. The van der Waals surface area contributed by atoms with Crippen molar-refractivity contribution in [3.8, 4) is 0 Å². The Morgan fingerprint density at radius 3 is 2.33 bits per heavy atom. The molecule has 2 aromatic rings. The van der Waals surface area contributed by atoms with Crippen LogP contribution in [0.5, 0.6) is 0 Å². The Kier molecular flexibility index (Phi) is 9.56. The van der Waals surface area contributed by atoms with E-state index in [0.29, 0.717) is 74.0 Å². The molecule has 2 aliphatic heterocycles. The molecule has 2 aromatic carbocycles. The van der Waals surface area contributed by atoms with Crippen LogP contribution < -0.4 is 10.6 Å². The zero-order valence-electron chi connectivity index (χ0n) is 22.8. The third kappa shape index (κ3) is 7.13. The lowest BCUT2D eigenvalue weighted by Gasteiger charge is -2.35. The number of sulfone groups is 1. The summed E-state index contributed by atoms with van der Waals surface area (Å²) in [4.78, 5) is 31.6. The summed E-state index contributed by atoms with van der Waals surface area (Å²) in [6, 6.07) is 12.2. The van der Waals surface area contributed by atoms with E-state index in [9.17, 15) is 18.0 Å². The first-order chi connectivity index (χ1) is 18.6. The molecule has 0 spiro atoms. The fourth-order valence-corrected chi connectivity index (χ4v) is 7.52. The van der Waals surface area contributed by atoms with E-state index in [0.717, 1.165) is 24.2 Å². The van der Waals surface area contributed by atoms with Crippen LogP contribution >= 0.6 is 11.6 Å². The van der Waals surface area contributed by atoms with Gasteiger partial charge in [-0.05, 0) is 94.6 Å². The molecule has 2 amide bonds. The smallest absolute Gasteiger partial charge is 0.230 e. The number of piperidine rings is 2. The van der Waals surface area contributed by atoms with Gasteiger partial charge in [0.1, 0.15) is 0 Å². The number of amides is 2. The van der Waals surface area contributed by atoms with Crippen LogP contribution in [0.1, 0.15) is 44.6 Å². The van der Waals surface area contributed by atoms with Gasteiger partial charge in [-0.3, -0.25) is 9.59 Å². The molecule has 8 nitrogen and oxygen atoms in total. The van der Waals surface area contributed by atoms with Crippen molar-refractivity contribution < 1.29 is 18.0 Å². The normalized spacial score (nSPS) is 17.8. The molecule has 0 radical (unpaired) electrons. The Bertz CT molecular complexity index is 1290. The average molecular weight is 575 g/mol. The second-order valence-electron chi connectivity index (χ2n) is 10.7. The topological polar surface area (TPSA) is 104 Å². The zero-order chi connectivity index (χ0) is 28.2. The number of nitrogens with two attached hydrogens (primary N) is 1. The monoisotopic (exact) mass is 574 g/mol. The molecule has 0 aliphatic carbocycles. The molecule has 212 valence electrons. The van der Waals surface area contributed by atoms with Crippen LogP contribution in [0.2, 0.25) is 5.02 Å². The van der Waals surface area contributed by atoms with Crippen LogP contribution in [-0.2, 0) is 19.4 Å². The van der Waals surface area contributed by atoms with E-state index >= 15 is 0 Å². The summed E-state index contributed by atoms with van der Waals surface area (Å²) in [6.45, 7) is 7.41. The van der Waals surface area contributed by atoms with E-state index in [1.54, 1.807) is 30.0 Å². The first-order valence-electron chi connectivity index (χ1n) is 13.7. The molecule has 4 rings (SSSR count). The largest absolute Gasteiger partial charge is 0.399 e. The standard InChI is InChI=1S/C29H39ClN4O4S/c1-21-7-8-25(20-28(21)30)34(29(36)23-9-17-33(18-10-23)22(2)35)14-4-13-32-15-11-26(12-16-32)39(37,38)27-6-3-5-24(31)19-27/h3,5-8,19-20,23,26H,4,9-18,31H2,1-2H3. The van der Waals surface area contributed by atoms with E-state index < -0.39 is 15.1 Å². The minimum absolute atomic E-state index is 0.0486. The van der Waals surface area contributed by atoms with Gasteiger partial charge in [-0.15, -0.1) is 0 Å². The van der Waals surface area contributed by atoms with Gasteiger partial charge in [0, 0.05) is 48.9 Å². The quantitative estimate of drug-likeness (QED) is 0.475. The number of rotatable bonds is 8. The lowest BCUT2D eigenvalue weighted by molar-refractivity contribution is -0.133. The van der Waals surface area contributed by atoms with Gasteiger partial charge >= 0.3 is 0 Å². The van der Waals surface area contributed by atoms with E-state index in [2.05, 4.69) is 4.90 Å². The van der Waals surface area contributed by atoms with Crippen molar-refractivity contribution in [2.24, 2.45) is 5.92 Å². The Balaban J connectivity index is 1.35. The van der Waals surface area contributed by atoms with Gasteiger partial charge in [-0.1, -0.05) is 23.7 Å². The molecule has 39 heavy (non-hydrogen) atoms. The van der Waals surface area contributed by atoms with E-state index in [1.807, 2.05) is 30.0 Å². The molecule has 2 aliphatic rings. The van der Waals surface area contributed by atoms with Gasteiger partial charge in [0.2, 0.25) is 11.8 Å². The summed E-state index contributed by atoms with van der Waals surface area (Å²) >= 11 is 6.42. The molecule has 0 unspecified atom stereocenters. The van der Waals surface area contributed by atoms with Crippen molar-refractivity contribution in [3.63, 3.8) is 0 Å². The molecule has 2 N–H and O–H groups in total. The van der Waals surface area contributed by atoms with Gasteiger partial charge in [0.15, 0.2) is 9.84 Å². The number of likely N-dealkylation sites (tertiary alicyclic amines) is 2. The second kappa shape index (κ2) is 12.7. The summed E-state index contributed by atoms with van der Waals surface area (Å²) in [5.41, 5.74) is 8.00. The Labute approximate surface area is 237 Å². The van der Waals surface area contributed by atoms with E-state index in [4.69, 9.17) is 17.3 Å². The number of carbonyl (C=O) groups excluding carboxylic acids is 2. The third-order valence-corrected chi connectivity index (χ3v) is 10.7. The Morgan fingerprint density at radius 1 is 1.03 bits per heavy atom. The van der Waals surface area contributed by atoms with Gasteiger partial charge in [-0.2, -0.15) is 0 Å². The maximum absolute atomic E-state index is 13.7. The fraction of sp³-hybridized carbons (Fsp3) is 0.517. The van der Waals surface area contributed by atoms with E-state index in [-0.39, 0.29) is 17.7 Å². The molecule has 2 fully saturated rings. The fourth-order valence-electron chi connectivity index (χ4n) is 5.56. The predicted molar refractivity (Wildman–Crippen MR) is 156 cm³/mol.